The lowest BCUT2D eigenvalue weighted by atomic mass is 9.47. The van der Waals surface area contributed by atoms with Gasteiger partial charge in [-0.2, -0.15) is 0 Å². The molecular weight excluding hydrogens is 1310 g/mol. The highest BCUT2D eigenvalue weighted by molar-refractivity contribution is 6.44. The van der Waals surface area contributed by atoms with Crippen LogP contribution in [0.4, 0.5) is 0 Å². The highest BCUT2D eigenvalue weighted by atomic mass is 16.5. The Morgan fingerprint density at radius 1 is 0.425 bits per heavy atom. The van der Waals surface area contributed by atoms with Gasteiger partial charge in [0.05, 0.1) is 12.8 Å². The largest absolute Gasteiger partial charge is 0.462 e. The number of fused-ring (bicyclic) bond motifs is 12. The smallest absolute Gasteiger partial charge is 0.307 e. The summed E-state index contributed by atoms with van der Waals surface area (Å²) >= 11 is 0. The van der Waals surface area contributed by atoms with Crippen molar-refractivity contribution in [2.45, 2.75) is 236 Å². The summed E-state index contributed by atoms with van der Waals surface area (Å²) in [5.74, 6) is 6.28. The maximum Gasteiger partial charge on any atom is 0.307 e. The number of benzene rings is 7. The van der Waals surface area contributed by atoms with Gasteiger partial charge in [-0.15, -0.1) is 0 Å². The number of carbonyl (C=O) groups excluding carboxylic acids is 6. The summed E-state index contributed by atoms with van der Waals surface area (Å²) in [6.07, 6.45) is 30.3. The standard InChI is InChI=1S/C96H114N2O8/c1-55(2)19-17-21-57(5)75-35-37-77-65-29-27-61-51-63(39-45-93(61,7)79(65)41-47-95(75,77)9)105-81(99)43-49-97-89(101)69-33-31-67-84-72(60-25-15-12-16-26-60)54-74-86-70(34-32-68(88(84)86)83-71(59-23-13-11-14-24-59)53-73(91(97)103)85(69)87(67)83)90(102)98(92(74)104)50-44-82(100)106-64-40-46-94(8)62(52-64)28-30-66-78-38-36-76(58(6)22-18-20-56(3)4)96(78,10)48-42-80(66)94/h11-16,23-28,31-34,53-58,63-66,75-80H,17-22,29-30,35-52H2,1-10H3/t57-,58-,63+,64+,65+,66+,75-,76-,77+,78+,79+,80+,93+,94+,95-,96-/m1/s1. The van der Waals surface area contributed by atoms with Crippen LogP contribution in [0.3, 0.4) is 0 Å². The van der Waals surface area contributed by atoms with Crippen LogP contribution in [0.5, 0.6) is 0 Å². The lowest BCUT2D eigenvalue weighted by molar-refractivity contribution is -0.152. The van der Waals surface area contributed by atoms with Crippen molar-refractivity contribution in [3.8, 4) is 22.3 Å². The Hall–Kier alpha value is -7.46. The maximum atomic E-state index is 15.4. The van der Waals surface area contributed by atoms with E-state index in [-0.39, 0.29) is 49.0 Å². The Balaban J connectivity index is 0.609. The summed E-state index contributed by atoms with van der Waals surface area (Å²) in [6.45, 7) is 24.6. The van der Waals surface area contributed by atoms with Gasteiger partial charge >= 0.3 is 11.9 Å². The van der Waals surface area contributed by atoms with E-state index in [2.05, 4.69) is 81.4 Å². The van der Waals surface area contributed by atoms with Crippen molar-refractivity contribution in [3.63, 3.8) is 0 Å². The van der Waals surface area contributed by atoms with Crippen LogP contribution in [-0.4, -0.2) is 70.7 Å². The summed E-state index contributed by atoms with van der Waals surface area (Å²) in [6, 6.07) is 31.3. The molecule has 7 aromatic rings. The minimum absolute atomic E-state index is 0.103. The Labute approximate surface area is 629 Å². The molecule has 0 spiro atoms. The van der Waals surface area contributed by atoms with Crippen molar-refractivity contribution in [2.24, 2.45) is 92.7 Å². The van der Waals surface area contributed by atoms with Gasteiger partial charge in [-0.1, -0.05) is 204 Å². The van der Waals surface area contributed by atoms with Crippen molar-refractivity contribution in [1.82, 2.24) is 9.80 Å². The normalized spacial score (nSPS) is 31.5. The van der Waals surface area contributed by atoms with Crippen LogP contribution in [0.15, 0.2) is 120 Å². The molecule has 7 aromatic carbocycles. The molecule has 6 saturated carbocycles. The van der Waals surface area contributed by atoms with E-state index in [1.165, 1.54) is 111 Å². The van der Waals surface area contributed by atoms with E-state index < -0.39 is 35.6 Å². The lowest BCUT2D eigenvalue weighted by Crippen LogP contribution is -2.51. The third-order valence-electron chi connectivity index (χ3n) is 31.4. The fourth-order valence-electron chi connectivity index (χ4n) is 26.1. The first-order valence-electron chi connectivity index (χ1n) is 41.9. The third-order valence-corrected chi connectivity index (χ3v) is 31.4. The Kier molecular flexibility index (Phi) is 18.4. The SMILES string of the molecule is CC(C)CCC[C@@H](C)[C@H]1CC[C@H]2[C@@H]3CC=C4C[C@@H](OC(=O)CCN5C(=O)c6ccc7c8c(-c9ccccc9)cc9c%10c(ccc(c%11c(-c%12ccccc%12)cc(c6c7%11)C5=O)c%108)C(=O)N(CCC(=O)O[C@H]5CC[C@@]6(C)C(=CC[C@H]7[C@@H]8CC[C@H]([C@H](C)CCCC(C)C)[C@@]8(C)CC[C@@H]76)C5)C9=O)CC[C@]4(C)[C@H]3CC[C@]12C. The van der Waals surface area contributed by atoms with Crippen molar-refractivity contribution in [3.05, 3.63) is 143 Å². The molecular formula is C96H114N2O8. The molecule has 10 nitrogen and oxygen atoms in total. The van der Waals surface area contributed by atoms with Crippen molar-refractivity contribution < 1.29 is 38.2 Å². The van der Waals surface area contributed by atoms with E-state index in [1.54, 1.807) is 0 Å². The molecule has 16 atom stereocenters. The molecule has 0 radical (unpaired) electrons. The van der Waals surface area contributed by atoms with Gasteiger partial charge in [-0.25, -0.2) is 0 Å². The summed E-state index contributed by atoms with van der Waals surface area (Å²) < 4.78 is 12.7. The second-order valence-corrected chi connectivity index (χ2v) is 37.6. The molecule has 10 heteroatoms. The molecule has 8 aliphatic carbocycles. The minimum atomic E-state index is -0.471. The number of carbonyl (C=O) groups is 6. The van der Waals surface area contributed by atoms with Crippen LogP contribution in [-0.2, 0) is 19.1 Å². The van der Waals surface area contributed by atoms with Crippen LogP contribution in [0.25, 0.3) is 65.3 Å². The summed E-state index contributed by atoms with van der Waals surface area (Å²) in [5.41, 5.74) is 8.64. The van der Waals surface area contributed by atoms with Gasteiger partial charge in [0.25, 0.3) is 23.6 Å². The Morgan fingerprint density at radius 3 is 1.22 bits per heavy atom. The fourth-order valence-corrected chi connectivity index (χ4v) is 26.1. The van der Waals surface area contributed by atoms with E-state index in [0.29, 0.717) is 67.5 Å². The molecule has 106 heavy (non-hydrogen) atoms. The number of ether oxygens (including phenoxy) is 2. The zero-order chi connectivity index (χ0) is 73.6. The van der Waals surface area contributed by atoms with Crippen molar-refractivity contribution >= 4 is 78.7 Å². The quantitative estimate of drug-likeness (QED) is 0.0243. The van der Waals surface area contributed by atoms with Gasteiger partial charge in [0.15, 0.2) is 0 Å². The molecule has 4 amide bonds. The molecule has 0 saturated heterocycles. The van der Waals surface area contributed by atoms with Crippen LogP contribution in [0.2, 0.25) is 0 Å². The highest BCUT2D eigenvalue weighted by Crippen LogP contribution is 2.70. The second-order valence-electron chi connectivity index (χ2n) is 37.6. The van der Waals surface area contributed by atoms with Crippen LogP contribution >= 0.6 is 0 Å². The molecule has 2 aliphatic heterocycles. The van der Waals surface area contributed by atoms with Crippen molar-refractivity contribution in [1.29, 1.82) is 0 Å². The monoisotopic (exact) mass is 1420 g/mol. The van der Waals surface area contributed by atoms with E-state index in [0.717, 1.165) is 153 Å². The zero-order valence-corrected chi connectivity index (χ0v) is 65.0. The minimum Gasteiger partial charge on any atom is -0.462 e. The predicted molar refractivity (Wildman–Crippen MR) is 424 cm³/mol. The van der Waals surface area contributed by atoms with Gasteiger partial charge in [0.1, 0.15) is 12.2 Å². The molecule has 0 bridgehead atoms. The molecule has 6 fully saturated rings. The predicted octanol–water partition coefficient (Wildman–Crippen LogP) is 22.9. The average molecular weight is 1420 g/mol. The van der Waals surface area contributed by atoms with Crippen LogP contribution in [0, 0.1) is 92.7 Å². The molecule has 17 rings (SSSR count). The van der Waals surface area contributed by atoms with Crippen LogP contribution in [0.1, 0.15) is 265 Å². The molecule has 10 aliphatic rings. The molecule has 0 unspecified atom stereocenters. The van der Waals surface area contributed by atoms with Crippen LogP contribution < -0.4 is 0 Å². The second kappa shape index (κ2) is 27.3. The van der Waals surface area contributed by atoms with Gasteiger partial charge in [0, 0.05) is 59.0 Å². The zero-order valence-electron chi connectivity index (χ0n) is 65.0. The van der Waals surface area contributed by atoms with E-state index in [1.807, 2.05) is 97.1 Å². The maximum absolute atomic E-state index is 15.4. The summed E-state index contributed by atoms with van der Waals surface area (Å²) in [4.78, 5) is 92.1. The summed E-state index contributed by atoms with van der Waals surface area (Å²) in [7, 11) is 0. The number of hydrogen-bond acceptors (Lipinski definition) is 8. The lowest BCUT2D eigenvalue weighted by Gasteiger charge is -2.58. The van der Waals surface area contributed by atoms with E-state index in [4.69, 9.17) is 9.47 Å². The number of nitrogens with zero attached hydrogens (tertiary/aromatic N) is 2. The fraction of sp³-hybridized carbons (Fsp3) is 0.562. The van der Waals surface area contributed by atoms with E-state index in [9.17, 15) is 9.59 Å². The van der Waals surface area contributed by atoms with Gasteiger partial charge in [0.2, 0.25) is 0 Å². The van der Waals surface area contributed by atoms with Gasteiger partial charge in [-0.3, -0.25) is 38.6 Å². The average Bonchev–Trinajstić information content (AvgIpc) is 0.852. The van der Waals surface area contributed by atoms with Gasteiger partial charge < -0.3 is 9.47 Å². The number of allylic oxidation sites excluding steroid dienone is 2. The number of hydrogen-bond donors (Lipinski definition) is 0. The molecule has 556 valence electrons. The number of imide groups is 2. The van der Waals surface area contributed by atoms with E-state index >= 15 is 19.2 Å². The summed E-state index contributed by atoms with van der Waals surface area (Å²) in [5, 5.41) is 5.71. The van der Waals surface area contributed by atoms with Crippen molar-refractivity contribution in [2.75, 3.05) is 13.1 Å². The Bertz CT molecular complexity index is 4460. The number of rotatable bonds is 20. The number of esters is 2. The highest BCUT2D eigenvalue weighted by Gasteiger charge is 2.61. The first-order chi connectivity index (χ1) is 51.0. The molecule has 0 N–H and O–H groups in total. The first-order valence-corrected chi connectivity index (χ1v) is 41.9. The number of amides is 4. The van der Waals surface area contributed by atoms with Gasteiger partial charge in [-0.05, 0) is 261 Å². The molecule has 0 aromatic heterocycles. The Morgan fingerprint density at radius 2 is 0.821 bits per heavy atom. The first kappa shape index (κ1) is 71.5. The topological polar surface area (TPSA) is 127 Å². The third kappa shape index (κ3) is 11.5. The molecule has 2 heterocycles.